The minimum absolute atomic E-state index is 0.323. The molecule has 1 aromatic rings. The molecule has 2 atom stereocenters. The summed E-state index contributed by atoms with van der Waals surface area (Å²) in [7, 11) is 2.27. The second-order valence-electron chi connectivity index (χ2n) is 6.24. The second kappa shape index (κ2) is 6.05. The van der Waals surface area contributed by atoms with Crippen LogP contribution in [0.3, 0.4) is 0 Å². The van der Waals surface area contributed by atoms with E-state index in [4.69, 9.17) is 5.73 Å². The van der Waals surface area contributed by atoms with Crippen molar-refractivity contribution in [3.05, 3.63) is 6.07 Å². The van der Waals surface area contributed by atoms with Crippen LogP contribution in [0.25, 0.3) is 0 Å². The third-order valence-electron chi connectivity index (χ3n) is 4.79. The van der Waals surface area contributed by atoms with Gasteiger partial charge in [-0.2, -0.15) is 9.97 Å². The summed E-state index contributed by atoms with van der Waals surface area (Å²) in [4.78, 5) is 11.1. The number of rotatable bonds is 4. The molecular formula is C15H26N6. The highest BCUT2D eigenvalue weighted by Gasteiger charge is 2.35. The lowest BCUT2D eigenvalue weighted by Gasteiger charge is -2.47. The SMILES string of the molecule is CCNc1cc(NC2CC3CCCC(C2)N3C)nc(N)n1. The zero-order valence-corrected chi connectivity index (χ0v) is 13.0. The largest absolute Gasteiger partial charge is 0.370 e. The first-order valence-corrected chi connectivity index (χ1v) is 8.02. The molecule has 2 aliphatic heterocycles. The van der Waals surface area contributed by atoms with E-state index in [1.165, 1.54) is 32.1 Å². The molecule has 3 rings (SSSR count). The number of nitrogens with zero attached hydrogens (tertiary/aromatic N) is 3. The standard InChI is InChI=1S/C15H26N6/c1-3-17-13-9-14(20-15(16)19-13)18-10-7-11-5-4-6-12(8-10)21(11)2/h9-12H,3-8H2,1-2H3,(H4,16,17,18,19,20). The number of nitrogens with one attached hydrogen (secondary N) is 2. The number of aromatic nitrogens is 2. The lowest BCUT2D eigenvalue weighted by molar-refractivity contribution is 0.0608. The van der Waals surface area contributed by atoms with Crippen LogP contribution in [-0.2, 0) is 0 Å². The maximum atomic E-state index is 5.80. The lowest BCUT2D eigenvalue weighted by Crippen LogP contribution is -2.52. The summed E-state index contributed by atoms with van der Waals surface area (Å²) in [6.07, 6.45) is 6.39. The molecule has 6 nitrogen and oxygen atoms in total. The van der Waals surface area contributed by atoms with Crippen molar-refractivity contribution in [3.63, 3.8) is 0 Å². The Bertz CT molecular complexity index is 477. The van der Waals surface area contributed by atoms with Crippen LogP contribution in [0.15, 0.2) is 6.07 Å². The van der Waals surface area contributed by atoms with Crippen molar-refractivity contribution in [2.24, 2.45) is 0 Å². The lowest BCUT2D eigenvalue weighted by atomic mass is 9.82. The Balaban J connectivity index is 1.69. The zero-order chi connectivity index (χ0) is 14.8. The molecule has 3 heterocycles. The van der Waals surface area contributed by atoms with Crippen molar-refractivity contribution in [2.75, 3.05) is 30.0 Å². The van der Waals surface area contributed by atoms with Crippen LogP contribution >= 0.6 is 0 Å². The van der Waals surface area contributed by atoms with Crippen LogP contribution in [0.5, 0.6) is 0 Å². The molecule has 2 fully saturated rings. The van der Waals surface area contributed by atoms with Gasteiger partial charge in [-0.15, -0.1) is 0 Å². The number of fused-ring (bicyclic) bond motifs is 2. The van der Waals surface area contributed by atoms with Gasteiger partial charge in [-0.1, -0.05) is 6.42 Å². The molecule has 6 heteroatoms. The van der Waals surface area contributed by atoms with Gasteiger partial charge in [0.05, 0.1) is 0 Å². The van der Waals surface area contributed by atoms with Gasteiger partial charge in [0.2, 0.25) is 5.95 Å². The third-order valence-corrected chi connectivity index (χ3v) is 4.79. The van der Waals surface area contributed by atoms with Gasteiger partial charge >= 0.3 is 0 Å². The van der Waals surface area contributed by atoms with Crippen LogP contribution in [0.1, 0.15) is 39.0 Å². The van der Waals surface area contributed by atoms with Gasteiger partial charge < -0.3 is 21.3 Å². The molecule has 0 aliphatic carbocycles. The van der Waals surface area contributed by atoms with E-state index in [-0.39, 0.29) is 0 Å². The van der Waals surface area contributed by atoms with E-state index >= 15 is 0 Å². The molecule has 2 aliphatic rings. The number of nitrogens with two attached hydrogens (primary N) is 1. The topological polar surface area (TPSA) is 79.1 Å². The Kier molecular flexibility index (Phi) is 4.14. The molecular weight excluding hydrogens is 264 g/mol. The van der Waals surface area contributed by atoms with Crippen molar-refractivity contribution in [1.29, 1.82) is 0 Å². The van der Waals surface area contributed by atoms with Gasteiger partial charge in [0.25, 0.3) is 0 Å². The van der Waals surface area contributed by atoms with Gasteiger partial charge in [0.15, 0.2) is 0 Å². The molecule has 4 N–H and O–H groups in total. The third kappa shape index (κ3) is 3.20. The van der Waals surface area contributed by atoms with Crippen LogP contribution < -0.4 is 16.4 Å². The molecule has 2 bridgehead atoms. The van der Waals surface area contributed by atoms with Crippen molar-refractivity contribution in [3.8, 4) is 0 Å². The van der Waals surface area contributed by atoms with E-state index in [1.54, 1.807) is 0 Å². The van der Waals surface area contributed by atoms with Gasteiger partial charge in [-0.05, 0) is 39.7 Å². The first-order chi connectivity index (χ1) is 10.2. The number of piperidine rings is 2. The van der Waals surface area contributed by atoms with Crippen molar-refractivity contribution in [1.82, 2.24) is 14.9 Å². The van der Waals surface area contributed by atoms with Gasteiger partial charge in [-0.3, -0.25) is 0 Å². The molecule has 2 saturated heterocycles. The van der Waals surface area contributed by atoms with Crippen LogP contribution in [0.4, 0.5) is 17.6 Å². The van der Waals surface area contributed by atoms with Crippen molar-refractivity contribution >= 4 is 17.6 Å². The Morgan fingerprint density at radius 2 is 1.90 bits per heavy atom. The number of hydrogen-bond donors (Lipinski definition) is 3. The predicted molar refractivity (Wildman–Crippen MR) is 86.4 cm³/mol. The molecule has 0 radical (unpaired) electrons. The molecule has 0 aromatic carbocycles. The first kappa shape index (κ1) is 14.4. The summed E-state index contributed by atoms with van der Waals surface area (Å²) < 4.78 is 0. The molecule has 0 spiro atoms. The van der Waals surface area contributed by atoms with E-state index in [0.717, 1.165) is 18.2 Å². The summed E-state index contributed by atoms with van der Waals surface area (Å²) in [5.41, 5.74) is 5.80. The van der Waals surface area contributed by atoms with Gasteiger partial charge in [0.1, 0.15) is 11.6 Å². The maximum Gasteiger partial charge on any atom is 0.223 e. The van der Waals surface area contributed by atoms with E-state index in [2.05, 4.69) is 32.5 Å². The Hall–Kier alpha value is -1.56. The summed E-state index contributed by atoms with van der Waals surface area (Å²) >= 11 is 0. The fourth-order valence-electron chi connectivity index (χ4n) is 3.75. The minimum Gasteiger partial charge on any atom is -0.370 e. The summed E-state index contributed by atoms with van der Waals surface area (Å²) in [5.74, 6) is 1.95. The van der Waals surface area contributed by atoms with E-state index in [9.17, 15) is 0 Å². The highest BCUT2D eigenvalue weighted by Crippen LogP contribution is 2.33. The van der Waals surface area contributed by atoms with Crippen LogP contribution in [-0.4, -0.2) is 46.6 Å². The highest BCUT2D eigenvalue weighted by atomic mass is 15.2. The summed E-state index contributed by atoms with van der Waals surface area (Å²) in [5, 5.41) is 6.77. The molecule has 0 saturated carbocycles. The molecule has 1 aromatic heterocycles. The molecule has 2 unspecified atom stereocenters. The smallest absolute Gasteiger partial charge is 0.223 e. The molecule has 116 valence electrons. The Morgan fingerprint density at radius 1 is 1.24 bits per heavy atom. The number of hydrogen-bond acceptors (Lipinski definition) is 6. The Morgan fingerprint density at radius 3 is 2.57 bits per heavy atom. The fraction of sp³-hybridized carbons (Fsp3) is 0.733. The second-order valence-corrected chi connectivity index (χ2v) is 6.24. The summed E-state index contributed by atoms with van der Waals surface area (Å²) in [6, 6.07) is 3.86. The van der Waals surface area contributed by atoms with Crippen LogP contribution in [0.2, 0.25) is 0 Å². The van der Waals surface area contributed by atoms with Crippen molar-refractivity contribution < 1.29 is 0 Å². The van der Waals surface area contributed by atoms with Crippen molar-refractivity contribution in [2.45, 2.75) is 57.2 Å². The minimum atomic E-state index is 0.323. The number of anilines is 3. The van der Waals surface area contributed by atoms with E-state index in [1.807, 2.05) is 13.0 Å². The van der Waals surface area contributed by atoms with E-state index in [0.29, 0.717) is 24.1 Å². The average Bonchev–Trinajstić information content (AvgIpc) is 2.39. The monoisotopic (exact) mass is 290 g/mol. The average molecular weight is 290 g/mol. The quantitative estimate of drug-likeness (QED) is 0.786. The molecule has 0 amide bonds. The highest BCUT2D eigenvalue weighted by molar-refractivity contribution is 5.51. The number of nitrogen functional groups attached to an aromatic ring is 1. The zero-order valence-electron chi connectivity index (χ0n) is 13.0. The summed E-state index contributed by atoms with van der Waals surface area (Å²) in [6.45, 7) is 2.87. The van der Waals surface area contributed by atoms with Gasteiger partial charge in [-0.25, -0.2) is 0 Å². The Labute approximate surface area is 126 Å². The van der Waals surface area contributed by atoms with E-state index < -0.39 is 0 Å². The first-order valence-electron chi connectivity index (χ1n) is 8.02. The van der Waals surface area contributed by atoms with Crippen LogP contribution in [0, 0.1) is 0 Å². The van der Waals surface area contributed by atoms with Gasteiger partial charge in [0, 0.05) is 30.7 Å². The maximum absolute atomic E-state index is 5.80. The fourth-order valence-corrected chi connectivity index (χ4v) is 3.75. The normalized spacial score (nSPS) is 29.1. The molecule has 21 heavy (non-hydrogen) atoms. The predicted octanol–water partition coefficient (Wildman–Crippen LogP) is 1.92.